The van der Waals surface area contributed by atoms with Gasteiger partial charge in [-0.2, -0.15) is 0 Å². The quantitative estimate of drug-likeness (QED) is 0.754. The van der Waals surface area contributed by atoms with Crippen molar-refractivity contribution in [3.63, 3.8) is 0 Å². The number of aromatic carboxylic acids is 1. The van der Waals surface area contributed by atoms with E-state index in [9.17, 15) is 14.3 Å². The van der Waals surface area contributed by atoms with Crippen molar-refractivity contribution in [3.05, 3.63) is 29.6 Å². The van der Waals surface area contributed by atoms with Crippen LogP contribution in [-0.4, -0.2) is 19.1 Å². The van der Waals surface area contributed by atoms with Crippen LogP contribution in [0.3, 0.4) is 0 Å². The summed E-state index contributed by atoms with van der Waals surface area (Å²) in [6.45, 7) is 1.67. The predicted octanol–water partition coefficient (Wildman–Crippen LogP) is 1.18. The van der Waals surface area contributed by atoms with Crippen LogP contribution in [0.5, 0.6) is 0 Å². The van der Waals surface area contributed by atoms with Crippen LogP contribution >= 0.6 is 0 Å². The molecule has 1 aromatic rings. The first-order chi connectivity index (χ1) is 7.68. The molecule has 0 aromatic heterocycles. The number of carbonyl (C=O) groups is 1. The maximum Gasteiger partial charge on any atom is 0.147 e. The van der Waals surface area contributed by atoms with Gasteiger partial charge in [0.2, 0.25) is 0 Å². The second-order valence-electron chi connectivity index (χ2n) is 4.00. The third-order valence-corrected chi connectivity index (χ3v) is 2.88. The van der Waals surface area contributed by atoms with Gasteiger partial charge < -0.3 is 14.8 Å². The van der Waals surface area contributed by atoms with Crippen molar-refractivity contribution in [3.8, 4) is 0 Å². The van der Waals surface area contributed by atoms with Gasteiger partial charge in [-0.05, 0) is 31.4 Å². The van der Waals surface area contributed by atoms with Crippen LogP contribution in [0, 0.1) is 5.82 Å². The van der Waals surface area contributed by atoms with Crippen LogP contribution in [0.1, 0.15) is 29.6 Å². The van der Waals surface area contributed by atoms with Gasteiger partial charge in [-0.25, -0.2) is 4.39 Å². The van der Waals surface area contributed by atoms with E-state index in [-0.39, 0.29) is 5.56 Å². The molecule has 0 aliphatic carbocycles. The lowest BCUT2D eigenvalue weighted by molar-refractivity contribution is -0.255. The monoisotopic (exact) mass is 222 g/mol. The largest absolute Gasteiger partial charge is 0.545 e. The van der Waals surface area contributed by atoms with Gasteiger partial charge in [-0.1, -0.05) is 6.07 Å². The summed E-state index contributed by atoms with van der Waals surface area (Å²) < 4.78 is 13.7. The van der Waals surface area contributed by atoms with E-state index in [1.54, 1.807) is 0 Å². The van der Waals surface area contributed by atoms with E-state index >= 15 is 0 Å². The lowest BCUT2D eigenvalue weighted by atomic mass is 10.1. The zero-order chi connectivity index (χ0) is 11.5. The molecular weight excluding hydrogens is 209 g/mol. The fourth-order valence-corrected chi connectivity index (χ4v) is 2.03. The summed E-state index contributed by atoms with van der Waals surface area (Å²) in [6.07, 6.45) is 3.29. The molecule has 0 unspecified atom stereocenters. The number of hydrogen-bond donors (Lipinski definition) is 0. The van der Waals surface area contributed by atoms with E-state index in [4.69, 9.17) is 0 Å². The number of carboxylic acid groups (broad SMARTS) is 1. The normalized spacial score (nSPS) is 16.2. The minimum absolute atomic E-state index is 0.113. The van der Waals surface area contributed by atoms with Gasteiger partial charge >= 0.3 is 0 Å². The minimum Gasteiger partial charge on any atom is -0.545 e. The highest BCUT2D eigenvalue weighted by Crippen LogP contribution is 2.23. The predicted molar refractivity (Wildman–Crippen MR) is 56.8 cm³/mol. The third kappa shape index (κ3) is 2.15. The van der Waals surface area contributed by atoms with Gasteiger partial charge in [-0.3, -0.25) is 0 Å². The molecule has 1 aromatic carbocycles. The standard InChI is InChI=1S/C12H14FNO2/c13-10-8-9(12(15)16)4-5-11(10)14-6-2-1-3-7-14/h4-5,8H,1-3,6-7H2,(H,15,16)/p-1. The zero-order valence-electron chi connectivity index (χ0n) is 8.91. The van der Waals surface area contributed by atoms with E-state index in [0.29, 0.717) is 5.69 Å². The van der Waals surface area contributed by atoms with Gasteiger partial charge in [0.25, 0.3) is 0 Å². The maximum absolute atomic E-state index is 13.7. The Morgan fingerprint density at radius 1 is 1.25 bits per heavy atom. The van der Waals surface area contributed by atoms with Gasteiger partial charge in [-0.15, -0.1) is 0 Å². The van der Waals surface area contributed by atoms with Crippen molar-refractivity contribution < 1.29 is 14.3 Å². The van der Waals surface area contributed by atoms with Crippen LogP contribution < -0.4 is 10.0 Å². The summed E-state index contributed by atoms with van der Waals surface area (Å²) in [7, 11) is 0. The molecule has 1 fully saturated rings. The molecular formula is C12H13FNO2-. The molecule has 1 aliphatic rings. The summed E-state index contributed by atoms with van der Waals surface area (Å²) in [4.78, 5) is 12.5. The van der Waals surface area contributed by atoms with Crippen molar-refractivity contribution >= 4 is 11.7 Å². The van der Waals surface area contributed by atoms with Crippen molar-refractivity contribution in [2.45, 2.75) is 19.3 Å². The van der Waals surface area contributed by atoms with Crippen LogP contribution in [-0.2, 0) is 0 Å². The van der Waals surface area contributed by atoms with Crippen LogP contribution in [0.15, 0.2) is 18.2 Å². The first kappa shape index (κ1) is 10.9. The molecule has 86 valence electrons. The zero-order valence-corrected chi connectivity index (χ0v) is 8.91. The Bertz CT molecular complexity index is 400. The lowest BCUT2D eigenvalue weighted by Crippen LogP contribution is -2.30. The van der Waals surface area contributed by atoms with Gasteiger partial charge in [0.15, 0.2) is 0 Å². The van der Waals surface area contributed by atoms with Crippen molar-refractivity contribution in [1.29, 1.82) is 0 Å². The molecule has 4 heteroatoms. The number of benzene rings is 1. The Morgan fingerprint density at radius 2 is 1.94 bits per heavy atom. The van der Waals surface area contributed by atoms with Gasteiger partial charge in [0.05, 0.1) is 11.7 Å². The number of nitrogens with zero attached hydrogens (tertiary/aromatic N) is 1. The molecule has 0 spiro atoms. The molecule has 0 radical (unpaired) electrons. The number of piperidine rings is 1. The molecule has 0 N–H and O–H groups in total. The molecule has 2 rings (SSSR count). The van der Waals surface area contributed by atoms with Gasteiger partial charge in [0, 0.05) is 18.7 Å². The number of carbonyl (C=O) groups excluding carboxylic acids is 1. The third-order valence-electron chi connectivity index (χ3n) is 2.88. The van der Waals surface area contributed by atoms with Crippen LogP contribution in [0.4, 0.5) is 10.1 Å². The van der Waals surface area contributed by atoms with Crippen LogP contribution in [0.25, 0.3) is 0 Å². The minimum atomic E-state index is -1.34. The molecule has 0 bridgehead atoms. The second kappa shape index (κ2) is 4.51. The molecule has 1 saturated heterocycles. The average molecular weight is 222 g/mol. The smallest absolute Gasteiger partial charge is 0.147 e. The Labute approximate surface area is 93.5 Å². The van der Waals surface area contributed by atoms with E-state index in [0.717, 1.165) is 32.0 Å². The SMILES string of the molecule is O=C([O-])c1ccc(N2CCCCC2)c(F)c1. The molecule has 3 nitrogen and oxygen atoms in total. The van der Waals surface area contributed by atoms with Crippen molar-refractivity contribution in [1.82, 2.24) is 0 Å². The topological polar surface area (TPSA) is 43.4 Å². The van der Waals surface area contributed by atoms with Crippen molar-refractivity contribution in [2.75, 3.05) is 18.0 Å². The summed E-state index contributed by atoms with van der Waals surface area (Å²) in [5, 5.41) is 10.5. The summed E-state index contributed by atoms with van der Waals surface area (Å²) >= 11 is 0. The van der Waals surface area contributed by atoms with Gasteiger partial charge in [0.1, 0.15) is 5.82 Å². The number of halogens is 1. The summed E-state index contributed by atoms with van der Waals surface area (Å²) in [6, 6.07) is 3.94. The first-order valence-corrected chi connectivity index (χ1v) is 5.44. The highest BCUT2D eigenvalue weighted by Gasteiger charge is 2.14. The molecule has 1 heterocycles. The Balaban J connectivity index is 2.24. The number of anilines is 1. The maximum atomic E-state index is 13.7. The Kier molecular flexibility index (Phi) is 3.08. The Morgan fingerprint density at radius 3 is 2.50 bits per heavy atom. The van der Waals surface area contributed by atoms with Crippen LogP contribution in [0.2, 0.25) is 0 Å². The second-order valence-corrected chi connectivity index (χ2v) is 4.00. The van der Waals surface area contributed by atoms with E-state index in [2.05, 4.69) is 0 Å². The highest BCUT2D eigenvalue weighted by molar-refractivity contribution is 5.86. The lowest BCUT2D eigenvalue weighted by Gasteiger charge is -2.29. The van der Waals surface area contributed by atoms with E-state index in [1.807, 2.05) is 4.90 Å². The molecule has 0 saturated carbocycles. The molecule has 1 aliphatic heterocycles. The fourth-order valence-electron chi connectivity index (χ4n) is 2.03. The summed E-state index contributed by atoms with van der Waals surface area (Å²) in [5.41, 5.74) is 0.378. The Hall–Kier alpha value is -1.58. The summed E-state index contributed by atoms with van der Waals surface area (Å²) in [5.74, 6) is -1.83. The van der Waals surface area contributed by atoms with E-state index in [1.165, 1.54) is 18.6 Å². The molecule has 0 amide bonds. The first-order valence-electron chi connectivity index (χ1n) is 5.44. The van der Waals surface area contributed by atoms with Crippen molar-refractivity contribution in [2.24, 2.45) is 0 Å². The average Bonchev–Trinajstić information content (AvgIpc) is 2.30. The molecule has 0 atom stereocenters. The van der Waals surface area contributed by atoms with E-state index < -0.39 is 11.8 Å². The molecule has 16 heavy (non-hydrogen) atoms. The fraction of sp³-hybridized carbons (Fsp3) is 0.417. The highest BCUT2D eigenvalue weighted by atomic mass is 19.1. The number of hydrogen-bond acceptors (Lipinski definition) is 3. The number of rotatable bonds is 2. The number of carboxylic acids is 1.